The zero-order chi connectivity index (χ0) is 17.8. The largest absolute Gasteiger partial charge is 0.467 e. The molecule has 3 rings (SSSR count). The second-order valence-electron chi connectivity index (χ2n) is 5.53. The number of furan rings is 1. The van der Waals surface area contributed by atoms with E-state index >= 15 is 0 Å². The van der Waals surface area contributed by atoms with Crippen molar-refractivity contribution in [2.75, 3.05) is 5.32 Å². The number of nitrogens with one attached hydrogen (secondary N) is 1. The second kappa shape index (κ2) is 7.52. The number of rotatable bonds is 6. The predicted molar refractivity (Wildman–Crippen MR) is 92.9 cm³/mol. The quantitative estimate of drug-likeness (QED) is 0.681. The number of nitrogens with zero attached hydrogens (tertiary/aromatic N) is 3. The molecule has 1 unspecified atom stereocenters. The molecule has 0 radical (unpaired) electrons. The van der Waals surface area contributed by atoms with Crippen LogP contribution >= 0.6 is 11.8 Å². The van der Waals surface area contributed by atoms with Gasteiger partial charge in [0.25, 0.3) is 0 Å². The van der Waals surface area contributed by atoms with Crippen LogP contribution in [0.4, 0.5) is 10.1 Å². The monoisotopic (exact) mass is 360 g/mol. The summed E-state index contributed by atoms with van der Waals surface area (Å²) in [6.07, 6.45) is 3.19. The number of hydrogen-bond acceptors (Lipinski definition) is 5. The van der Waals surface area contributed by atoms with Gasteiger partial charge in [-0.05, 0) is 43.7 Å². The van der Waals surface area contributed by atoms with E-state index in [4.69, 9.17) is 4.42 Å². The van der Waals surface area contributed by atoms with Gasteiger partial charge in [0.2, 0.25) is 5.91 Å². The summed E-state index contributed by atoms with van der Waals surface area (Å²) in [5.41, 5.74) is 0.962. The first kappa shape index (κ1) is 17.2. The van der Waals surface area contributed by atoms with Crippen molar-refractivity contribution >= 4 is 23.4 Å². The van der Waals surface area contributed by atoms with Crippen LogP contribution in [0.1, 0.15) is 18.2 Å². The minimum Gasteiger partial charge on any atom is -0.467 e. The first-order valence-electron chi connectivity index (χ1n) is 7.67. The smallest absolute Gasteiger partial charge is 0.237 e. The Hall–Kier alpha value is -2.61. The zero-order valence-corrected chi connectivity index (χ0v) is 14.6. The number of aryl methyl sites for hydroxylation is 1. The molecule has 8 heteroatoms. The molecule has 0 saturated heterocycles. The average molecular weight is 360 g/mol. The molecule has 1 aromatic carbocycles. The number of amides is 1. The number of hydrogen-bond donors (Lipinski definition) is 1. The molecule has 0 aliphatic carbocycles. The minimum absolute atomic E-state index is 0.235. The van der Waals surface area contributed by atoms with Crippen LogP contribution in [0.3, 0.4) is 0 Å². The summed E-state index contributed by atoms with van der Waals surface area (Å²) < 4.78 is 20.7. The lowest BCUT2D eigenvalue weighted by Gasteiger charge is -2.12. The van der Waals surface area contributed by atoms with E-state index < -0.39 is 5.25 Å². The maximum absolute atomic E-state index is 13.6. The second-order valence-corrected chi connectivity index (χ2v) is 6.84. The Morgan fingerprint density at radius 3 is 3.00 bits per heavy atom. The van der Waals surface area contributed by atoms with Gasteiger partial charge >= 0.3 is 0 Å². The summed E-state index contributed by atoms with van der Waals surface area (Å²) in [5.74, 6) is 0.186. The van der Waals surface area contributed by atoms with E-state index in [0.717, 1.165) is 5.76 Å². The standard InChI is InChI=1S/C17H17FN4O2S/c1-11-5-6-13(8-15(11)18)20-16(23)12(2)25-17-21-19-10-22(17)9-14-4-3-7-24-14/h3-8,10,12H,9H2,1-2H3,(H,20,23). The molecular weight excluding hydrogens is 343 g/mol. The van der Waals surface area contributed by atoms with Crippen molar-refractivity contribution in [1.82, 2.24) is 14.8 Å². The number of halogens is 1. The highest BCUT2D eigenvalue weighted by molar-refractivity contribution is 8.00. The van der Waals surface area contributed by atoms with Crippen LogP contribution in [0.5, 0.6) is 0 Å². The fourth-order valence-corrected chi connectivity index (χ4v) is 2.96. The summed E-state index contributed by atoms with van der Waals surface area (Å²) in [6, 6.07) is 8.28. The Labute approximate surface area is 148 Å². The van der Waals surface area contributed by atoms with Gasteiger partial charge in [0.1, 0.15) is 17.9 Å². The average Bonchev–Trinajstić information content (AvgIpc) is 3.24. The van der Waals surface area contributed by atoms with Crippen LogP contribution in [0, 0.1) is 12.7 Å². The molecular formula is C17H17FN4O2S. The van der Waals surface area contributed by atoms with Crippen LogP contribution in [0.2, 0.25) is 0 Å². The summed E-state index contributed by atoms with van der Waals surface area (Å²) in [6.45, 7) is 3.92. The van der Waals surface area contributed by atoms with Gasteiger partial charge in [-0.3, -0.25) is 4.79 Å². The van der Waals surface area contributed by atoms with Crippen molar-refractivity contribution < 1.29 is 13.6 Å². The highest BCUT2D eigenvalue weighted by Gasteiger charge is 2.18. The molecule has 1 amide bonds. The van der Waals surface area contributed by atoms with Crippen LogP contribution < -0.4 is 5.32 Å². The molecule has 0 saturated carbocycles. The molecule has 25 heavy (non-hydrogen) atoms. The Morgan fingerprint density at radius 1 is 1.44 bits per heavy atom. The number of benzene rings is 1. The lowest BCUT2D eigenvalue weighted by molar-refractivity contribution is -0.115. The highest BCUT2D eigenvalue weighted by atomic mass is 32.2. The van der Waals surface area contributed by atoms with E-state index in [2.05, 4.69) is 15.5 Å². The molecule has 6 nitrogen and oxygen atoms in total. The van der Waals surface area contributed by atoms with Crippen molar-refractivity contribution in [2.24, 2.45) is 0 Å². The van der Waals surface area contributed by atoms with Crippen LogP contribution in [-0.2, 0) is 11.3 Å². The number of carbonyl (C=O) groups excluding carboxylic acids is 1. The molecule has 2 heterocycles. The molecule has 0 bridgehead atoms. The summed E-state index contributed by atoms with van der Waals surface area (Å²) in [7, 11) is 0. The number of aromatic nitrogens is 3. The van der Waals surface area contributed by atoms with Gasteiger partial charge in [0, 0.05) is 5.69 Å². The normalized spacial score (nSPS) is 12.1. The predicted octanol–water partition coefficient (Wildman–Crippen LogP) is 3.49. The highest BCUT2D eigenvalue weighted by Crippen LogP contribution is 2.23. The molecule has 3 aromatic rings. The fraction of sp³-hybridized carbons (Fsp3) is 0.235. The molecule has 0 aliphatic heterocycles. The zero-order valence-electron chi connectivity index (χ0n) is 13.8. The maximum atomic E-state index is 13.6. The number of thioether (sulfide) groups is 1. The third-order valence-corrected chi connectivity index (χ3v) is 4.67. The van der Waals surface area contributed by atoms with Gasteiger partial charge in [-0.1, -0.05) is 17.8 Å². The Kier molecular flexibility index (Phi) is 5.18. The first-order valence-corrected chi connectivity index (χ1v) is 8.55. The van der Waals surface area contributed by atoms with Gasteiger partial charge in [0.05, 0.1) is 18.1 Å². The van der Waals surface area contributed by atoms with Crippen molar-refractivity contribution in [2.45, 2.75) is 30.8 Å². The molecule has 2 aromatic heterocycles. The molecule has 0 aliphatic rings. The van der Waals surface area contributed by atoms with E-state index in [-0.39, 0.29) is 11.7 Å². The minimum atomic E-state index is -0.427. The van der Waals surface area contributed by atoms with Gasteiger partial charge in [0.15, 0.2) is 5.16 Å². The van der Waals surface area contributed by atoms with Crippen molar-refractivity contribution in [1.29, 1.82) is 0 Å². The molecule has 1 N–H and O–H groups in total. The summed E-state index contributed by atoms with van der Waals surface area (Å²) in [5, 5.41) is 10.8. The third kappa shape index (κ3) is 4.27. The van der Waals surface area contributed by atoms with Crippen LogP contribution in [0.25, 0.3) is 0 Å². The molecule has 0 spiro atoms. The van der Waals surface area contributed by atoms with E-state index in [1.54, 1.807) is 43.1 Å². The van der Waals surface area contributed by atoms with Crippen molar-refractivity contribution in [3.05, 3.63) is 60.1 Å². The lowest BCUT2D eigenvalue weighted by atomic mass is 10.2. The third-order valence-electron chi connectivity index (χ3n) is 3.58. The lowest BCUT2D eigenvalue weighted by Crippen LogP contribution is -2.23. The number of carbonyl (C=O) groups is 1. The Morgan fingerprint density at radius 2 is 2.28 bits per heavy atom. The molecule has 130 valence electrons. The number of anilines is 1. The van der Waals surface area contributed by atoms with Crippen LogP contribution in [0.15, 0.2) is 52.5 Å². The van der Waals surface area contributed by atoms with E-state index in [0.29, 0.717) is 23.0 Å². The van der Waals surface area contributed by atoms with Gasteiger partial charge < -0.3 is 14.3 Å². The Balaban J connectivity index is 1.63. The van der Waals surface area contributed by atoms with Gasteiger partial charge in [-0.2, -0.15) is 0 Å². The summed E-state index contributed by atoms with van der Waals surface area (Å²) in [4.78, 5) is 12.3. The van der Waals surface area contributed by atoms with E-state index in [9.17, 15) is 9.18 Å². The van der Waals surface area contributed by atoms with E-state index in [1.165, 1.54) is 17.8 Å². The fourth-order valence-electron chi connectivity index (χ4n) is 2.14. The van der Waals surface area contributed by atoms with Crippen LogP contribution in [-0.4, -0.2) is 25.9 Å². The first-order chi connectivity index (χ1) is 12.0. The van der Waals surface area contributed by atoms with Crippen molar-refractivity contribution in [3.8, 4) is 0 Å². The molecule has 1 atom stereocenters. The molecule has 0 fully saturated rings. The Bertz CT molecular complexity index is 863. The van der Waals surface area contributed by atoms with E-state index in [1.807, 2.05) is 12.1 Å². The van der Waals surface area contributed by atoms with Gasteiger partial charge in [-0.15, -0.1) is 10.2 Å². The maximum Gasteiger partial charge on any atom is 0.237 e. The van der Waals surface area contributed by atoms with Crippen molar-refractivity contribution in [3.63, 3.8) is 0 Å². The summed E-state index contributed by atoms with van der Waals surface area (Å²) >= 11 is 1.28. The SMILES string of the molecule is Cc1ccc(NC(=O)C(C)Sc2nncn2Cc2ccco2)cc1F. The topological polar surface area (TPSA) is 73.0 Å². The van der Waals surface area contributed by atoms with Gasteiger partial charge in [-0.25, -0.2) is 4.39 Å².